The van der Waals surface area contributed by atoms with Gasteiger partial charge in [0.2, 0.25) is 0 Å². The number of thioether (sulfide) groups is 1. The van der Waals surface area contributed by atoms with E-state index in [4.69, 9.17) is 0 Å². The largest absolute Gasteiger partial charge is 0.298 e. The van der Waals surface area contributed by atoms with Crippen LogP contribution in [0.3, 0.4) is 0 Å². The normalized spacial score (nSPS) is 12.5. The first kappa shape index (κ1) is 12.8. The summed E-state index contributed by atoms with van der Waals surface area (Å²) in [6, 6.07) is 5.87. The van der Waals surface area contributed by atoms with Crippen LogP contribution < -0.4 is 0 Å². The Morgan fingerprint density at radius 1 is 1.53 bits per heavy atom. The summed E-state index contributed by atoms with van der Waals surface area (Å²) in [5, 5.41) is 0. The monoisotopic (exact) mass is 286 g/mol. The van der Waals surface area contributed by atoms with Crippen LogP contribution in [0.1, 0.15) is 30.6 Å². The van der Waals surface area contributed by atoms with Crippen LogP contribution in [0.2, 0.25) is 0 Å². The maximum Gasteiger partial charge on any atom is 0.151 e. The summed E-state index contributed by atoms with van der Waals surface area (Å²) in [5.41, 5.74) is 0.711. The molecule has 0 spiro atoms. The first-order chi connectivity index (χ1) is 7.17. The lowest BCUT2D eigenvalue weighted by Gasteiger charge is -2.08. The standard InChI is InChI=1S/C12H15BrOS/c1-3-9(2)8-15-11-5-4-10(7-14)12(13)6-11/h4-7,9H,3,8H2,1-2H3. The van der Waals surface area contributed by atoms with Crippen molar-refractivity contribution in [1.82, 2.24) is 0 Å². The smallest absolute Gasteiger partial charge is 0.151 e. The quantitative estimate of drug-likeness (QED) is 0.590. The lowest BCUT2D eigenvalue weighted by Crippen LogP contribution is -1.95. The van der Waals surface area contributed by atoms with Gasteiger partial charge < -0.3 is 0 Å². The van der Waals surface area contributed by atoms with Crippen molar-refractivity contribution in [3.8, 4) is 0 Å². The highest BCUT2D eigenvalue weighted by Gasteiger charge is 2.03. The van der Waals surface area contributed by atoms with Crippen LogP contribution in [0.4, 0.5) is 0 Å². The molecule has 1 aromatic carbocycles. The Balaban J connectivity index is 2.63. The number of benzene rings is 1. The number of aldehydes is 1. The Hall–Kier alpha value is -0.280. The summed E-state index contributed by atoms with van der Waals surface area (Å²) in [6.45, 7) is 4.46. The van der Waals surface area contributed by atoms with E-state index in [1.54, 1.807) is 0 Å². The first-order valence-electron chi connectivity index (χ1n) is 5.05. The molecule has 0 bridgehead atoms. The Labute approximate surface area is 104 Å². The van der Waals surface area contributed by atoms with E-state index in [9.17, 15) is 4.79 Å². The molecular weight excluding hydrogens is 272 g/mol. The van der Waals surface area contributed by atoms with Crippen molar-refractivity contribution >= 4 is 34.0 Å². The second kappa shape index (κ2) is 6.33. The molecule has 0 aliphatic carbocycles. The van der Waals surface area contributed by atoms with Gasteiger partial charge >= 0.3 is 0 Å². The third-order valence-corrected chi connectivity index (χ3v) is 4.34. The van der Waals surface area contributed by atoms with Crippen molar-refractivity contribution in [2.75, 3.05) is 5.75 Å². The van der Waals surface area contributed by atoms with Crippen LogP contribution in [0.15, 0.2) is 27.6 Å². The highest BCUT2D eigenvalue weighted by Crippen LogP contribution is 2.26. The molecule has 0 aromatic heterocycles. The Bertz CT molecular complexity index is 338. The lowest BCUT2D eigenvalue weighted by molar-refractivity contribution is 0.112. The summed E-state index contributed by atoms with van der Waals surface area (Å²) in [4.78, 5) is 11.8. The minimum absolute atomic E-state index is 0.711. The Morgan fingerprint density at radius 3 is 2.80 bits per heavy atom. The molecular formula is C12H15BrOS. The molecule has 0 radical (unpaired) electrons. The highest BCUT2D eigenvalue weighted by molar-refractivity contribution is 9.10. The molecule has 1 aromatic rings. The molecule has 0 aliphatic rings. The van der Waals surface area contributed by atoms with Crippen LogP contribution in [0.25, 0.3) is 0 Å². The number of hydrogen-bond donors (Lipinski definition) is 0. The Morgan fingerprint density at radius 2 is 2.27 bits per heavy atom. The summed E-state index contributed by atoms with van der Waals surface area (Å²) < 4.78 is 0.881. The molecule has 82 valence electrons. The molecule has 3 heteroatoms. The molecule has 1 atom stereocenters. The number of carbonyl (C=O) groups excluding carboxylic acids is 1. The zero-order valence-corrected chi connectivity index (χ0v) is 11.4. The van der Waals surface area contributed by atoms with Gasteiger partial charge in [0.25, 0.3) is 0 Å². The van der Waals surface area contributed by atoms with Gasteiger partial charge in [-0.05, 0) is 24.1 Å². The molecule has 0 fully saturated rings. The molecule has 0 aliphatic heterocycles. The van der Waals surface area contributed by atoms with Gasteiger partial charge in [0.05, 0.1) is 0 Å². The molecule has 1 nitrogen and oxygen atoms in total. The molecule has 15 heavy (non-hydrogen) atoms. The predicted molar refractivity (Wildman–Crippen MR) is 69.7 cm³/mol. The number of halogens is 1. The molecule has 0 saturated heterocycles. The zero-order chi connectivity index (χ0) is 11.3. The van der Waals surface area contributed by atoms with E-state index in [0.717, 1.165) is 22.4 Å². The maximum absolute atomic E-state index is 10.6. The number of hydrogen-bond acceptors (Lipinski definition) is 2. The van der Waals surface area contributed by atoms with Crippen molar-refractivity contribution in [1.29, 1.82) is 0 Å². The fourth-order valence-electron chi connectivity index (χ4n) is 1.05. The van der Waals surface area contributed by atoms with Crippen molar-refractivity contribution in [3.05, 3.63) is 28.2 Å². The van der Waals surface area contributed by atoms with Crippen molar-refractivity contribution in [3.63, 3.8) is 0 Å². The van der Waals surface area contributed by atoms with Crippen LogP contribution in [0.5, 0.6) is 0 Å². The van der Waals surface area contributed by atoms with Gasteiger partial charge in [-0.3, -0.25) is 4.79 Å². The minimum atomic E-state index is 0.711. The van der Waals surface area contributed by atoms with Gasteiger partial charge in [-0.2, -0.15) is 0 Å². The van der Waals surface area contributed by atoms with E-state index in [2.05, 4.69) is 29.8 Å². The van der Waals surface area contributed by atoms with Gasteiger partial charge in [0, 0.05) is 20.7 Å². The van der Waals surface area contributed by atoms with Crippen molar-refractivity contribution in [2.24, 2.45) is 5.92 Å². The van der Waals surface area contributed by atoms with Crippen LogP contribution in [-0.2, 0) is 0 Å². The summed E-state index contributed by atoms with van der Waals surface area (Å²) in [6.07, 6.45) is 2.08. The second-order valence-electron chi connectivity index (χ2n) is 3.63. The minimum Gasteiger partial charge on any atom is -0.298 e. The third kappa shape index (κ3) is 3.99. The number of carbonyl (C=O) groups is 1. The number of rotatable bonds is 5. The van der Waals surface area contributed by atoms with Crippen LogP contribution >= 0.6 is 27.7 Å². The average molecular weight is 287 g/mol. The van der Waals surface area contributed by atoms with Crippen LogP contribution in [0, 0.1) is 5.92 Å². The van der Waals surface area contributed by atoms with E-state index in [1.165, 1.54) is 11.3 Å². The molecule has 1 unspecified atom stereocenters. The van der Waals surface area contributed by atoms with E-state index >= 15 is 0 Å². The van der Waals surface area contributed by atoms with Gasteiger partial charge in [0.1, 0.15) is 0 Å². The van der Waals surface area contributed by atoms with Gasteiger partial charge in [-0.25, -0.2) is 0 Å². The first-order valence-corrected chi connectivity index (χ1v) is 6.82. The summed E-state index contributed by atoms with van der Waals surface area (Å²) in [5.74, 6) is 1.86. The zero-order valence-electron chi connectivity index (χ0n) is 9.00. The summed E-state index contributed by atoms with van der Waals surface area (Å²) in [7, 11) is 0. The SMILES string of the molecule is CCC(C)CSc1ccc(C=O)c(Br)c1. The molecule has 0 heterocycles. The molecule has 0 saturated carbocycles. The van der Waals surface area contributed by atoms with Gasteiger partial charge in [0.15, 0.2) is 6.29 Å². The highest BCUT2D eigenvalue weighted by atomic mass is 79.9. The van der Waals surface area contributed by atoms with Crippen LogP contribution in [-0.4, -0.2) is 12.0 Å². The van der Waals surface area contributed by atoms with E-state index < -0.39 is 0 Å². The van der Waals surface area contributed by atoms with Gasteiger partial charge in [-0.1, -0.05) is 36.2 Å². The predicted octanol–water partition coefficient (Wildman–Crippen LogP) is 4.40. The maximum atomic E-state index is 10.6. The average Bonchev–Trinajstić information content (AvgIpc) is 2.26. The Kier molecular flexibility index (Phi) is 5.40. The van der Waals surface area contributed by atoms with E-state index in [-0.39, 0.29) is 0 Å². The fourth-order valence-corrected chi connectivity index (χ4v) is 2.75. The fraction of sp³-hybridized carbons (Fsp3) is 0.417. The topological polar surface area (TPSA) is 17.1 Å². The van der Waals surface area contributed by atoms with Crippen molar-refractivity contribution in [2.45, 2.75) is 25.2 Å². The van der Waals surface area contributed by atoms with E-state index in [1.807, 2.05) is 30.0 Å². The lowest BCUT2D eigenvalue weighted by atomic mass is 10.2. The van der Waals surface area contributed by atoms with Gasteiger partial charge in [-0.15, -0.1) is 11.8 Å². The van der Waals surface area contributed by atoms with Crippen molar-refractivity contribution < 1.29 is 4.79 Å². The third-order valence-electron chi connectivity index (χ3n) is 2.33. The summed E-state index contributed by atoms with van der Waals surface area (Å²) >= 11 is 5.23. The van der Waals surface area contributed by atoms with E-state index in [0.29, 0.717) is 5.56 Å². The molecule has 0 N–H and O–H groups in total. The molecule has 1 rings (SSSR count). The second-order valence-corrected chi connectivity index (χ2v) is 5.57. The molecule has 0 amide bonds.